The van der Waals surface area contributed by atoms with E-state index in [1.807, 2.05) is 6.92 Å². The topological polar surface area (TPSA) is 75.6 Å². The zero-order valence-electron chi connectivity index (χ0n) is 9.12. The van der Waals surface area contributed by atoms with Gasteiger partial charge in [0, 0.05) is 26.0 Å². The number of aliphatic carboxylic acids is 1. The molecule has 0 unspecified atom stereocenters. The average molecular weight is 217 g/mol. The van der Waals surface area contributed by atoms with E-state index in [-0.39, 0.29) is 12.3 Å². The van der Waals surface area contributed by atoms with E-state index < -0.39 is 5.97 Å². The fourth-order valence-corrected chi connectivity index (χ4v) is 1.01. The highest BCUT2D eigenvalue weighted by atomic mass is 16.5. The van der Waals surface area contributed by atoms with E-state index in [9.17, 15) is 9.59 Å². The van der Waals surface area contributed by atoms with Gasteiger partial charge >= 0.3 is 5.97 Å². The van der Waals surface area contributed by atoms with E-state index in [1.54, 1.807) is 0 Å². The lowest BCUT2D eigenvalue weighted by Crippen LogP contribution is -2.26. The second-order valence-corrected chi connectivity index (χ2v) is 3.21. The molecule has 0 rings (SSSR count). The largest absolute Gasteiger partial charge is 0.481 e. The molecule has 0 radical (unpaired) electrons. The van der Waals surface area contributed by atoms with Crippen LogP contribution in [0.3, 0.4) is 0 Å². The molecule has 5 heteroatoms. The molecule has 0 saturated carbocycles. The summed E-state index contributed by atoms with van der Waals surface area (Å²) >= 11 is 0. The number of hydrogen-bond acceptors (Lipinski definition) is 3. The summed E-state index contributed by atoms with van der Waals surface area (Å²) in [6, 6.07) is 0. The fourth-order valence-electron chi connectivity index (χ4n) is 1.01. The zero-order chi connectivity index (χ0) is 11.5. The molecule has 0 aliphatic rings. The van der Waals surface area contributed by atoms with Gasteiger partial charge in [0.2, 0.25) is 5.91 Å². The van der Waals surface area contributed by atoms with Gasteiger partial charge in [0.05, 0.1) is 6.61 Å². The lowest BCUT2D eigenvalue weighted by Gasteiger charge is -2.05. The van der Waals surface area contributed by atoms with Crippen molar-refractivity contribution >= 4 is 11.9 Å². The molecule has 2 N–H and O–H groups in total. The van der Waals surface area contributed by atoms with Gasteiger partial charge in [-0.15, -0.1) is 0 Å². The van der Waals surface area contributed by atoms with Gasteiger partial charge in [0.25, 0.3) is 0 Å². The first-order valence-electron chi connectivity index (χ1n) is 5.23. The molecule has 0 bridgehead atoms. The molecular weight excluding hydrogens is 198 g/mol. The maximum atomic E-state index is 11.0. The van der Waals surface area contributed by atoms with Crippen LogP contribution < -0.4 is 5.32 Å². The van der Waals surface area contributed by atoms with Crippen molar-refractivity contribution < 1.29 is 19.4 Å². The predicted octanol–water partition coefficient (Wildman–Crippen LogP) is 0.784. The van der Waals surface area contributed by atoms with Gasteiger partial charge in [-0.25, -0.2) is 0 Å². The molecule has 0 aromatic carbocycles. The van der Waals surface area contributed by atoms with Crippen LogP contribution in [0.15, 0.2) is 0 Å². The minimum absolute atomic E-state index is 0.0339. The lowest BCUT2D eigenvalue weighted by atomic mass is 10.3. The maximum Gasteiger partial charge on any atom is 0.303 e. The summed E-state index contributed by atoms with van der Waals surface area (Å²) < 4.78 is 5.13. The highest BCUT2D eigenvalue weighted by Gasteiger charge is 1.98. The Bertz CT molecular complexity index is 194. The zero-order valence-corrected chi connectivity index (χ0v) is 9.12. The van der Waals surface area contributed by atoms with Crippen LogP contribution in [0.4, 0.5) is 0 Å². The van der Waals surface area contributed by atoms with Crippen molar-refractivity contribution in [3.05, 3.63) is 0 Å². The summed E-state index contributed by atoms with van der Waals surface area (Å²) in [5.41, 5.74) is 0. The van der Waals surface area contributed by atoms with Crippen molar-refractivity contribution in [2.75, 3.05) is 19.8 Å². The number of carboxylic acids is 1. The highest BCUT2D eigenvalue weighted by molar-refractivity contribution is 5.75. The molecule has 0 aliphatic heterocycles. The number of carbonyl (C=O) groups excluding carboxylic acids is 1. The molecule has 1 amide bonds. The molecule has 0 fully saturated rings. The molecule has 5 nitrogen and oxygen atoms in total. The monoisotopic (exact) mass is 217 g/mol. The molecular formula is C10H19NO4. The van der Waals surface area contributed by atoms with Crippen molar-refractivity contribution in [2.45, 2.75) is 32.6 Å². The molecule has 0 saturated heterocycles. The standard InChI is InChI=1S/C10H19NO4/c1-2-4-9(12)11-6-8-15-7-3-5-10(13)14/h2-8H2,1H3,(H,11,12)(H,13,14). The van der Waals surface area contributed by atoms with Crippen LogP contribution in [-0.4, -0.2) is 36.7 Å². The van der Waals surface area contributed by atoms with E-state index in [2.05, 4.69) is 5.32 Å². The molecule has 15 heavy (non-hydrogen) atoms. The number of amides is 1. The minimum Gasteiger partial charge on any atom is -0.481 e. The molecule has 0 atom stereocenters. The number of nitrogens with one attached hydrogen (secondary N) is 1. The summed E-state index contributed by atoms with van der Waals surface area (Å²) in [5.74, 6) is -0.776. The van der Waals surface area contributed by atoms with Gasteiger partial charge in [0.15, 0.2) is 0 Å². The molecule has 0 aliphatic carbocycles. The van der Waals surface area contributed by atoms with Gasteiger partial charge in [-0.3, -0.25) is 9.59 Å². The van der Waals surface area contributed by atoms with Gasteiger partial charge in [0.1, 0.15) is 0 Å². The number of carboxylic acid groups (broad SMARTS) is 1. The minimum atomic E-state index is -0.810. The van der Waals surface area contributed by atoms with Crippen molar-refractivity contribution in [1.82, 2.24) is 5.32 Å². The summed E-state index contributed by atoms with van der Waals surface area (Å²) in [5, 5.41) is 11.0. The second kappa shape index (κ2) is 9.45. The highest BCUT2D eigenvalue weighted by Crippen LogP contribution is 1.89. The first-order valence-corrected chi connectivity index (χ1v) is 5.23. The molecule has 0 aromatic heterocycles. The van der Waals surface area contributed by atoms with Crippen molar-refractivity contribution in [3.8, 4) is 0 Å². The van der Waals surface area contributed by atoms with Gasteiger partial charge in [-0.1, -0.05) is 6.92 Å². The second-order valence-electron chi connectivity index (χ2n) is 3.21. The number of hydrogen-bond donors (Lipinski definition) is 2. The van der Waals surface area contributed by atoms with Crippen LogP contribution >= 0.6 is 0 Å². The smallest absolute Gasteiger partial charge is 0.303 e. The quantitative estimate of drug-likeness (QED) is 0.560. The Morgan fingerprint density at radius 2 is 2.00 bits per heavy atom. The van der Waals surface area contributed by atoms with Gasteiger partial charge < -0.3 is 15.2 Å². The summed E-state index contributed by atoms with van der Waals surface area (Å²) in [7, 11) is 0. The van der Waals surface area contributed by atoms with E-state index in [0.717, 1.165) is 6.42 Å². The maximum absolute atomic E-state index is 11.0. The normalized spacial score (nSPS) is 9.93. The van der Waals surface area contributed by atoms with E-state index in [1.165, 1.54) is 0 Å². The third-order valence-corrected chi connectivity index (χ3v) is 1.72. The summed E-state index contributed by atoms with van der Waals surface area (Å²) in [6.07, 6.45) is 2.02. The van der Waals surface area contributed by atoms with Crippen molar-refractivity contribution in [3.63, 3.8) is 0 Å². The first-order chi connectivity index (χ1) is 7.16. The molecule has 0 spiro atoms. The lowest BCUT2D eigenvalue weighted by molar-refractivity contribution is -0.137. The Morgan fingerprint density at radius 3 is 2.60 bits per heavy atom. The number of rotatable bonds is 9. The van der Waals surface area contributed by atoms with Gasteiger partial charge in [-0.05, 0) is 12.8 Å². The number of ether oxygens (including phenoxy) is 1. The van der Waals surface area contributed by atoms with Crippen molar-refractivity contribution in [2.24, 2.45) is 0 Å². The fraction of sp³-hybridized carbons (Fsp3) is 0.800. The van der Waals surface area contributed by atoms with Crippen LogP contribution in [0.1, 0.15) is 32.6 Å². The predicted molar refractivity (Wildman–Crippen MR) is 55.6 cm³/mol. The van der Waals surface area contributed by atoms with Crippen LogP contribution in [0.5, 0.6) is 0 Å². The Balaban J connectivity index is 3.11. The third kappa shape index (κ3) is 10.8. The van der Waals surface area contributed by atoms with Crippen LogP contribution in [0.2, 0.25) is 0 Å². The Labute approximate surface area is 89.8 Å². The SMILES string of the molecule is CCCC(=O)NCCOCCCC(=O)O. The summed E-state index contributed by atoms with van der Waals surface area (Å²) in [4.78, 5) is 21.1. The van der Waals surface area contributed by atoms with E-state index >= 15 is 0 Å². The molecule has 0 heterocycles. The van der Waals surface area contributed by atoms with Crippen LogP contribution in [-0.2, 0) is 14.3 Å². The Kier molecular flexibility index (Phi) is 8.76. The average Bonchev–Trinajstić information content (AvgIpc) is 2.16. The van der Waals surface area contributed by atoms with Gasteiger partial charge in [-0.2, -0.15) is 0 Å². The molecule has 88 valence electrons. The van der Waals surface area contributed by atoms with Crippen LogP contribution in [0.25, 0.3) is 0 Å². The number of carbonyl (C=O) groups is 2. The first kappa shape index (κ1) is 13.9. The van der Waals surface area contributed by atoms with Crippen LogP contribution in [0, 0.1) is 0 Å². The molecule has 0 aromatic rings. The summed E-state index contributed by atoms with van der Waals surface area (Å²) in [6.45, 7) is 3.30. The Hall–Kier alpha value is -1.10. The third-order valence-electron chi connectivity index (χ3n) is 1.72. The van der Waals surface area contributed by atoms with E-state index in [4.69, 9.17) is 9.84 Å². The van der Waals surface area contributed by atoms with E-state index in [0.29, 0.717) is 32.6 Å². The van der Waals surface area contributed by atoms with Crippen molar-refractivity contribution in [1.29, 1.82) is 0 Å². The Morgan fingerprint density at radius 1 is 1.27 bits per heavy atom.